The summed E-state index contributed by atoms with van der Waals surface area (Å²) >= 11 is 0. The van der Waals surface area contributed by atoms with Crippen molar-refractivity contribution >= 4 is 5.82 Å². The lowest BCUT2D eigenvalue weighted by molar-refractivity contribution is 0.185. The van der Waals surface area contributed by atoms with Crippen LogP contribution in [0, 0.1) is 0 Å². The van der Waals surface area contributed by atoms with Crippen molar-refractivity contribution in [1.82, 2.24) is 9.78 Å². The molecule has 1 heterocycles. The second-order valence-corrected chi connectivity index (χ2v) is 3.67. The number of nitrogen functional groups attached to an aromatic ring is 1. The highest BCUT2D eigenvalue weighted by Gasteiger charge is 2.00. The second-order valence-electron chi connectivity index (χ2n) is 3.67. The number of hydrogen-bond donors (Lipinski definition) is 1. The first-order valence-corrected chi connectivity index (χ1v) is 5.13. The zero-order chi connectivity index (χ0) is 11.4. The molecule has 1 aromatic carbocycles. The molecular weight excluding hydrogens is 202 g/mol. The van der Waals surface area contributed by atoms with E-state index in [1.807, 2.05) is 12.1 Å². The van der Waals surface area contributed by atoms with Crippen molar-refractivity contribution in [2.45, 2.75) is 13.2 Å². The van der Waals surface area contributed by atoms with Gasteiger partial charge in [0, 0.05) is 7.11 Å². The molecule has 0 unspecified atom stereocenters. The molecule has 16 heavy (non-hydrogen) atoms. The first-order chi connectivity index (χ1) is 7.79. The van der Waals surface area contributed by atoms with Gasteiger partial charge in [0.15, 0.2) is 0 Å². The Labute approximate surface area is 94.6 Å². The van der Waals surface area contributed by atoms with Crippen LogP contribution >= 0.6 is 0 Å². The predicted molar refractivity (Wildman–Crippen MR) is 62.9 cm³/mol. The van der Waals surface area contributed by atoms with E-state index in [1.54, 1.807) is 24.1 Å². The van der Waals surface area contributed by atoms with Gasteiger partial charge in [-0.05, 0) is 17.2 Å². The van der Waals surface area contributed by atoms with Crippen LogP contribution in [0.2, 0.25) is 0 Å². The molecule has 1 aromatic heterocycles. The van der Waals surface area contributed by atoms with Crippen LogP contribution in [0.3, 0.4) is 0 Å². The monoisotopic (exact) mass is 217 g/mol. The van der Waals surface area contributed by atoms with Crippen molar-refractivity contribution in [2.24, 2.45) is 0 Å². The first-order valence-electron chi connectivity index (χ1n) is 5.13. The average molecular weight is 217 g/mol. The first kappa shape index (κ1) is 10.7. The van der Waals surface area contributed by atoms with E-state index in [2.05, 4.69) is 17.2 Å². The van der Waals surface area contributed by atoms with Crippen LogP contribution in [0.4, 0.5) is 5.82 Å². The van der Waals surface area contributed by atoms with Gasteiger partial charge >= 0.3 is 0 Å². The van der Waals surface area contributed by atoms with E-state index >= 15 is 0 Å². The zero-order valence-electron chi connectivity index (χ0n) is 9.26. The van der Waals surface area contributed by atoms with Gasteiger partial charge in [-0.25, -0.2) is 4.68 Å². The number of nitrogens with two attached hydrogens (primary N) is 1. The molecule has 0 saturated carbocycles. The normalized spacial score (nSPS) is 10.6. The Morgan fingerprint density at radius 2 is 2.12 bits per heavy atom. The maximum Gasteiger partial charge on any atom is 0.122 e. The van der Waals surface area contributed by atoms with Gasteiger partial charge in [0.05, 0.1) is 19.3 Å². The molecule has 4 nitrogen and oxygen atoms in total. The van der Waals surface area contributed by atoms with E-state index < -0.39 is 0 Å². The third-order valence-corrected chi connectivity index (χ3v) is 2.38. The Hall–Kier alpha value is -1.81. The van der Waals surface area contributed by atoms with Gasteiger partial charge < -0.3 is 10.5 Å². The minimum Gasteiger partial charge on any atom is -0.384 e. The number of hydrogen-bond acceptors (Lipinski definition) is 3. The Balaban J connectivity index is 2.15. The van der Waals surface area contributed by atoms with Crippen molar-refractivity contribution < 1.29 is 4.74 Å². The molecule has 2 rings (SSSR count). The van der Waals surface area contributed by atoms with Crippen LogP contribution in [-0.2, 0) is 17.9 Å². The summed E-state index contributed by atoms with van der Waals surface area (Å²) in [6, 6.07) is 10.0. The molecule has 2 aromatic rings. The van der Waals surface area contributed by atoms with Crippen molar-refractivity contribution in [1.29, 1.82) is 0 Å². The lowest BCUT2D eigenvalue weighted by atomic mass is 10.1. The highest BCUT2D eigenvalue weighted by molar-refractivity contribution is 5.29. The van der Waals surface area contributed by atoms with Gasteiger partial charge in [0.1, 0.15) is 5.82 Å². The van der Waals surface area contributed by atoms with E-state index in [0.29, 0.717) is 19.0 Å². The quantitative estimate of drug-likeness (QED) is 0.847. The maximum atomic E-state index is 5.76. The molecule has 0 fully saturated rings. The second kappa shape index (κ2) is 4.81. The number of aromatic nitrogens is 2. The summed E-state index contributed by atoms with van der Waals surface area (Å²) in [4.78, 5) is 0. The minimum absolute atomic E-state index is 0.627. The predicted octanol–water partition coefficient (Wildman–Crippen LogP) is 1.66. The number of rotatable bonds is 4. The summed E-state index contributed by atoms with van der Waals surface area (Å²) in [7, 11) is 1.69. The van der Waals surface area contributed by atoms with Crippen LogP contribution in [0.5, 0.6) is 0 Å². The summed E-state index contributed by atoms with van der Waals surface area (Å²) in [6.45, 7) is 1.32. The largest absolute Gasteiger partial charge is 0.384 e. The van der Waals surface area contributed by atoms with E-state index in [9.17, 15) is 0 Å². The molecule has 0 aliphatic carbocycles. The molecule has 84 valence electrons. The van der Waals surface area contributed by atoms with Gasteiger partial charge in [0.25, 0.3) is 0 Å². The van der Waals surface area contributed by atoms with E-state index in [1.165, 1.54) is 5.56 Å². The van der Waals surface area contributed by atoms with Crippen molar-refractivity contribution in [2.75, 3.05) is 12.8 Å². The zero-order valence-corrected chi connectivity index (χ0v) is 9.26. The van der Waals surface area contributed by atoms with Gasteiger partial charge in [-0.2, -0.15) is 5.10 Å². The molecular formula is C12H15N3O. The third-order valence-electron chi connectivity index (χ3n) is 2.38. The Bertz CT molecular complexity index is 465. The van der Waals surface area contributed by atoms with Crippen molar-refractivity contribution in [3.8, 4) is 0 Å². The lowest BCUT2D eigenvalue weighted by Gasteiger charge is -2.06. The van der Waals surface area contributed by atoms with Gasteiger partial charge in [-0.15, -0.1) is 0 Å². The summed E-state index contributed by atoms with van der Waals surface area (Å²) in [5.74, 6) is 0.678. The standard InChI is InChI=1S/C12H15N3O/c1-16-9-11-4-2-3-10(7-11)8-15-12(13)5-6-14-15/h2-7H,8-9,13H2,1H3. The Morgan fingerprint density at radius 1 is 1.31 bits per heavy atom. The molecule has 0 radical (unpaired) electrons. The van der Waals surface area contributed by atoms with Gasteiger partial charge in [0.2, 0.25) is 0 Å². The molecule has 0 amide bonds. The molecule has 0 atom stereocenters. The summed E-state index contributed by atoms with van der Waals surface area (Å²) in [6.07, 6.45) is 1.70. The number of nitrogens with zero attached hydrogens (tertiary/aromatic N) is 2. The van der Waals surface area contributed by atoms with E-state index in [4.69, 9.17) is 10.5 Å². The Kier molecular flexibility index (Phi) is 3.22. The smallest absolute Gasteiger partial charge is 0.122 e. The van der Waals surface area contributed by atoms with Gasteiger partial charge in [-0.1, -0.05) is 24.3 Å². The third kappa shape index (κ3) is 2.41. The molecule has 4 heteroatoms. The summed E-state index contributed by atoms with van der Waals surface area (Å²) in [5, 5.41) is 4.15. The maximum absolute atomic E-state index is 5.76. The SMILES string of the molecule is COCc1cccc(Cn2nccc2N)c1. The van der Waals surface area contributed by atoms with Crippen LogP contribution in [0.1, 0.15) is 11.1 Å². The molecule has 0 spiro atoms. The number of anilines is 1. The molecule has 0 bridgehead atoms. The minimum atomic E-state index is 0.627. The van der Waals surface area contributed by atoms with E-state index in [-0.39, 0.29) is 0 Å². The average Bonchev–Trinajstić information content (AvgIpc) is 2.66. The van der Waals surface area contributed by atoms with Crippen molar-refractivity contribution in [3.63, 3.8) is 0 Å². The van der Waals surface area contributed by atoms with Crippen LogP contribution in [0.25, 0.3) is 0 Å². The fourth-order valence-electron chi connectivity index (χ4n) is 1.63. The van der Waals surface area contributed by atoms with Crippen LogP contribution < -0.4 is 5.73 Å². The summed E-state index contributed by atoms with van der Waals surface area (Å²) < 4.78 is 6.86. The molecule has 2 N–H and O–H groups in total. The van der Waals surface area contributed by atoms with Gasteiger partial charge in [-0.3, -0.25) is 0 Å². The highest BCUT2D eigenvalue weighted by atomic mass is 16.5. The molecule has 0 aliphatic rings. The molecule has 0 aliphatic heterocycles. The van der Waals surface area contributed by atoms with E-state index in [0.717, 1.165) is 5.56 Å². The number of ether oxygens (including phenoxy) is 1. The number of methoxy groups -OCH3 is 1. The van der Waals surface area contributed by atoms with Crippen LogP contribution in [0.15, 0.2) is 36.5 Å². The van der Waals surface area contributed by atoms with Crippen LogP contribution in [-0.4, -0.2) is 16.9 Å². The highest BCUT2D eigenvalue weighted by Crippen LogP contribution is 2.10. The Morgan fingerprint density at radius 3 is 2.81 bits per heavy atom. The van der Waals surface area contributed by atoms with Crippen molar-refractivity contribution in [3.05, 3.63) is 47.7 Å². The fraction of sp³-hybridized carbons (Fsp3) is 0.250. The number of benzene rings is 1. The molecule has 0 saturated heterocycles. The fourth-order valence-corrected chi connectivity index (χ4v) is 1.63. The lowest BCUT2D eigenvalue weighted by Crippen LogP contribution is -2.05. The topological polar surface area (TPSA) is 53.1 Å². The summed E-state index contributed by atoms with van der Waals surface area (Å²) in [5.41, 5.74) is 8.09.